The van der Waals surface area contributed by atoms with Crippen LogP contribution >= 0.6 is 11.3 Å². The fourth-order valence-corrected chi connectivity index (χ4v) is 2.53. The molecule has 0 bridgehead atoms. The van der Waals surface area contributed by atoms with E-state index in [-0.39, 0.29) is 5.82 Å². The lowest BCUT2D eigenvalue weighted by molar-refractivity contribution is 0.627. The zero-order chi connectivity index (χ0) is 12.1. The number of thiazole rings is 1. The first-order valence-electron chi connectivity index (χ1n) is 5.60. The van der Waals surface area contributed by atoms with Gasteiger partial charge in [-0.3, -0.25) is 0 Å². The molecular weight excluding hydrogens is 235 g/mol. The van der Waals surface area contributed by atoms with E-state index in [0.29, 0.717) is 0 Å². The molecule has 0 atom stereocenters. The number of nitrogens with zero attached hydrogens (tertiary/aromatic N) is 1. The summed E-state index contributed by atoms with van der Waals surface area (Å²) in [4.78, 5) is 5.67. The Balaban J connectivity index is 1.98. The minimum atomic E-state index is -0.192. The molecule has 0 amide bonds. The Morgan fingerprint density at radius 2 is 2.06 bits per heavy atom. The van der Waals surface area contributed by atoms with E-state index >= 15 is 0 Å². The van der Waals surface area contributed by atoms with Crippen molar-refractivity contribution in [3.05, 3.63) is 51.7 Å². The molecule has 1 heterocycles. The molecule has 2 aromatic rings. The molecule has 4 heteroatoms. The van der Waals surface area contributed by atoms with Crippen molar-refractivity contribution in [3.8, 4) is 0 Å². The second-order valence-corrected chi connectivity index (χ2v) is 5.08. The minimum Gasteiger partial charge on any atom is -0.319 e. The van der Waals surface area contributed by atoms with Crippen LogP contribution in [0.5, 0.6) is 0 Å². The number of benzene rings is 1. The zero-order valence-electron chi connectivity index (χ0n) is 9.74. The largest absolute Gasteiger partial charge is 0.319 e. The van der Waals surface area contributed by atoms with Gasteiger partial charge < -0.3 is 5.32 Å². The van der Waals surface area contributed by atoms with E-state index < -0.39 is 0 Å². The lowest BCUT2D eigenvalue weighted by atomic mass is 10.2. The normalized spacial score (nSPS) is 10.7. The summed E-state index contributed by atoms with van der Waals surface area (Å²) in [5.74, 6) is -0.192. The van der Waals surface area contributed by atoms with Crippen LogP contribution in [0.4, 0.5) is 4.39 Å². The molecule has 90 valence electrons. The Bertz CT molecular complexity index is 465. The van der Waals surface area contributed by atoms with Gasteiger partial charge in [0.1, 0.15) is 5.82 Å². The fraction of sp³-hybridized carbons (Fsp3) is 0.308. The van der Waals surface area contributed by atoms with Crippen molar-refractivity contribution in [2.24, 2.45) is 0 Å². The molecule has 0 fully saturated rings. The van der Waals surface area contributed by atoms with Crippen molar-refractivity contribution in [1.29, 1.82) is 0 Å². The van der Waals surface area contributed by atoms with Crippen LogP contribution < -0.4 is 5.32 Å². The quantitative estimate of drug-likeness (QED) is 0.882. The molecule has 2 nitrogen and oxygen atoms in total. The Morgan fingerprint density at radius 3 is 2.76 bits per heavy atom. The van der Waals surface area contributed by atoms with Crippen molar-refractivity contribution in [2.45, 2.75) is 12.8 Å². The van der Waals surface area contributed by atoms with Gasteiger partial charge in [-0.05, 0) is 37.7 Å². The molecule has 0 saturated heterocycles. The molecule has 0 unspecified atom stereocenters. The predicted octanol–water partition coefficient (Wildman–Crippen LogP) is 2.63. The third-order valence-corrected chi connectivity index (χ3v) is 3.55. The van der Waals surface area contributed by atoms with Gasteiger partial charge in [0.05, 0.1) is 5.01 Å². The molecule has 0 radical (unpaired) electrons. The summed E-state index contributed by atoms with van der Waals surface area (Å²) in [5.41, 5.74) is 1.10. The standard InChI is InChI=1S/C13H15FN2S/c1-15-7-6-12-9-16-13(17-12)8-10-2-4-11(14)5-3-10/h2-5,9,15H,6-8H2,1H3. The van der Waals surface area contributed by atoms with Gasteiger partial charge in [-0.25, -0.2) is 9.37 Å². The van der Waals surface area contributed by atoms with E-state index in [1.54, 1.807) is 11.3 Å². The number of nitrogens with one attached hydrogen (secondary N) is 1. The Morgan fingerprint density at radius 1 is 1.29 bits per heavy atom. The Hall–Kier alpha value is -1.26. The van der Waals surface area contributed by atoms with E-state index in [4.69, 9.17) is 0 Å². The van der Waals surface area contributed by atoms with Crippen LogP contribution in [0.15, 0.2) is 30.5 Å². The molecule has 0 saturated carbocycles. The van der Waals surface area contributed by atoms with E-state index in [0.717, 1.165) is 30.0 Å². The highest BCUT2D eigenvalue weighted by molar-refractivity contribution is 7.11. The van der Waals surface area contributed by atoms with E-state index in [9.17, 15) is 4.39 Å². The molecule has 1 aromatic heterocycles. The van der Waals surface area contributed by atoms with E-state index in [2.05, 4.69) is 10.3 Å². The van der Waals surface area contributed by atoms with Crippen LogP contribution in [-0.2, 0) is 12.8 Å². The second-order valence-electron chi connectivity index (χ2n) is 3.88. The lowest BCUT2D eigenvalue weighted by Gasteiger charge is -1.97. The fourth-order valence-electron chi connectivity index (χ4n) is 1.57. The average Bonchev–Trinajstić information content (AvgIpc) is 2.77. The highest BCUT2D eigenvalue weighted by atomic mass is 32.1. The molecule has 0 aliphatic heterocycles. The maximum absolute atomic E-state index is 12.7. The van der Waals surface area contributed by atoms with Gasteiger partial charge in [0.25, 0.3) is 0 Å². The molecule has 0 aliphatic carbocycles. The molecule has 1 aromatic carbocycles. The summed E-state index contributed by atoms with van der Waals surface area (Å²) in [6.07, 6.45) is 3.73. The summed E-state index contributed by atoms with van der Waals surface area (Å²) in [6, 6.07) is 6.60. The first kappa shape index (κ1) is 12.2. The molecule has 0 aliphatic rings. The third-order valence-electron chi connectivity index (χ3n) is 2.49. The van der Waals surface area contributed by atoms with Gasteiger partial charge in [0.2, 0.25) is 0 Å². The first-order chi connectivity index (χ1) is 8.28. The summed E-state index contributed by atoms with van der Waals surface area (Å²) in [7, 11) is 1.94. The molecular formula is C13H15FN2S. The SMILES string of the molecule is CNCCc1cnc(Cc2ccc(F)cc2)s1. The molecule has 2 rings (SSSR count). The minimum absolute atomic E-state index is 0.192. The van der Waals surface area contributed by atoms with Gasteiger partial charge in [0.15, 0.2) is 0 Å². The second kappa shape index (κ2) is 5.89. The van der Waals surface area contributed by atoms with E-state index in [1.165, 1.54) is 17.0 Å². The summed E-state index contributed by atoms with van der Waals surface area (Å²) in [6.45, 7) is 0.970. The maximum Gasteiger partial charge on any atom is 0.123 e. The zero-order valence-corrected chi connectivity index (χ0v) is 10.6. The van der Waals surface area contributed by atoms with Crippen LogP contribution in [0.25, 0.3) is 0 Å². The van der Waals surface area contributed by atoms with Gasteiger partial charge in [-0.2, -0.15) is 0 Å². The number of halogens is 1. The number of hydrogen-bond donors (Lipinski definition) is 1. The van der Waals surface area contributed by atoms with Gasteiger partial charge >= 0.3 is 0 Å². The first-order valence-corrected chi connectivity index (χ1v) is 6.42. The smallest absolute Gasteiger partial charge is 0.123 e. The number of likely N-dealkylation sites (N-methyl/N-ethyl adjacent to an activating group) is 1. The summed E-state index contributed by atoms with van der Waals surface area (Å²) in [5, 5.41) is 4.20. The molecule has 1 N–H and O–H groups in total. The van der Waals surface area contributed by atoms with Crippen molar-refractivity contribution in [1.82, 2.24) is 10.3 Å². The average molecular weight is 250 g/mol. The topological polar surface area (TPSA) is 24.9 Å². The summed E-state index contributed by atoms with van der Waals surface area (Å²) >= 11 is 1.73. The van der Waals surface area contributed by atoms with Gasteiger partial charge in [-0.1, -0.05) is 12.1 Å². The van der Waals surface area contributed by atoms with Crippen molar-refractivity contribution in [2.75, 3.05) is 13.6 Å². The Kier molecular flexibility index (Phi) is 4.23. The monoisotopic (exact) mass is 250 g/mol. The number of aromatic nitrogens is 1. The van der Waals surface area contributed by atoms with Crippen LogP contribution in [-0.4, -0.2) is 18.6 Å². The maximum atomic E-state index is 12.7. The number of rotatable bonds is 5. The third kappa shape index (κ3) is 3.61. The highest BCUT2D eigenvalue weighted by Gasteiger charge is 2.03. The van der Waals surface area contributed by atoms with Crippen molar-refractivity contribution >= 4 is 11.3 Å². The van der Waals surface area contributed by atoms with Crippen LogP contribution in [0.3, 0.4) is 0 Å². The van der Waals surface area contributed by atoms with Crippen LogP contribution in [0.1, 0.15) is 15.4 Å². The van der Waals surface area contributed by atoms with Crippen LogP contribution in [0, 0.1) is 5.82 Å². The molecule has 0 spiro atoms. The van der Waals surface area contributed by atoms with Crippen molar-refractivity contribution in [3.63, 3.8) is 0 Å². The highest BCUT2D eigenvalue weighted by Crippen LogP contribution is 2.17. The molecule has 17 heavy (non-hydrogen) atoms. The van der Waals surface area contributed by atoms with Gasteiger partial charge in [0, 0.05) is 17.5 Å². The Labute approximate surface area is 105 Å². The predicted molar refractivity (Wildman–Crippen MR) is 69.0 cm³/mol. The lowest BCUT2D eigenvalue weighted by Crippen LogP contribution is -2.09. The number of hydrogen-bond acceptors (Lipinski definition) is 3. The summed E-state index contributed by atoms with van der Waals surface area (Å²) < 4.78 is 12.7. The van der Waals surface area contributed by atoms with E-state index in [1.807, 2.05) is 25.4 Å². The van der Waals surface area contributed by atoms with Crippen molar-refractivity contribution < 1.29 is 4.39 Å². The van der Waals surface area contributed by atoms with Crippen LogP contribution in [0.2, 0.25) is 0 Å². The van der Waals surface area contributed by atoms with Gasteiger partial charge in [-0.15, -0.1) is 11.3 Å².